The second-order valence-corrected chi connectivity index (χ2v) is 9.14. The maximum Gasteiger partial charge on any atom is 0.0613 e. The highest BCUT2D eigenvalue weighted by Gasteiger charge is 2.09. The molecule has 0 heterocycles. The molecule has 27 heavy (non-hydrogen) atoms. The van der Waals surface area contributed by atoms with E-state index in [9.17, 15) is 0 Å². The van der Waals surface area contributed by atoms with Gasteiger partial charge in [0.05, 0.1) is 20.1 Å². The van der Waals surface area contributed by atoms with Gasteiger partial charge in [-0.15, -0.1) is 12.6 Å². The lowest BCUT2D eigenvalue weighted by molar-refractivity contribution is 1.41. The number of nitrogen functional groups attached to an aromatic ring is 1. The highest BCUT2D eigenvalue weighted by molar-refractivity contribution is 7.99. The number of benzene rings is 3. The Hall–Kier alpha value is -0.100. The molecule has 0 atom stereocenters. The molecule has 3 rings (SSSR count). The van der Waals surface area contributed by atoms with Gasteiger partial charge in [0.15, 0.2) is 0 Å². The van der Waals surface area contributed by atoms with Gasteiger partial charge in [0.25, 0.3) is 0 Å². The van der Waals surface area contributed by atoms with Crippen molar-refractivity contribution in [2.45, 2.75) is 14.7 Å². The molecule has 0 aliphatic heterocycles. The molecule has 3 aromatic carbocycles. The summed E-state index contributed by atoms with van der Waals surface area (Å²) in [6, 6.07) is 13.8. The largest absolute Gasteiger partial charge is 0.398 e. The molecule has 0 spiro atoms. The smallest absolute Gasteiger partial charge is 0.0613 e. The first-order chi connectivity index (χ1) is 12.7. The van der Waals surface area contributed by atoms with E-state index < -0.39 is 0 Å². The van der Waals surface area contributed by atoms with E-state index in [1.807, 2.05) is 6.07 Å². The maximum atomic E-state index is 6.10. The molecular weight excluding hydrogens is 507 g/mol. The summed E-state index contributed by atoms with van der Waals surface area (Å²) in [6.07, 6.45) is 0. The van der Waals surface area contributed by atoms with E-state index in [0.29, 0.717) is 35.8 Å². The van der Waals surface area contributed by atoms with Gasteiger partial charge in [0.1, 0.15) is 0 Å². The summed E-state index contributed by atoms with van der Waals surface area (Å²) >= 11 is 40.5. The first kappa shape index (κ1) is 23.2. The van der Waals surface area contributed by atoms with Crippen molar-refractivity contribution in [3.8, 4) is 0 Å². The van der Waals surface area contributed by atoms with Crippen LogP contribution in [-0.4, -0.2) is 0 Å². The third kappa shape index (κ3) is 7.02. The standard InChI is InChI=1S/C12H7Cl4NS.C6H4Cl2S/c13-6-1-2-11(9(16)3-6)18-12-5-8(15)7(14)4-10(12)17;7-4-1-2-6(9)5(8)3-4/h1-5H,17H2;1-3,9H. The van der Waals surface area contributed by atoms with Crippen LogP contribution in [0.3, 0.4) is 0 Å². The predicted molar refractivity (Wildman–Crippen MR) is 125 cm³/mol. The molecule has 2 N–H and O–H groups in total. The predicted octanol–water partition coefficient (Wildman–Crippen LogP) is 9.32. The van der Waals surface area contributed by atoms with Crippen molar-refractivity contribution in [3.05, 3.63) is 78.7 Å². The van der Waals surface area contributed by atoms with Crippen molar-refractivity contribution < 1.29 is 0 Å². The number of halogens is 6. The summed E-state index contributed by atoms with van der Waals surface area (Å²) in [7, 11) is 0. The quantitative estimate of drug-likeness (QED) is 0.261. The Bertz CT molecular complexity index is 965. The molecule has 1 nitrogen and oxygen atoms in total. The SMILES string of the molecule is Nc1cc(Cl)c(Cl)cc1Sc1ccc(Cl)cc1Cl.Sc1ccc(Cl)cc1Cl. The molecule has 0 aliphatic rings. The number of anilines is 1. The van der Waals surface area contributed by atoms with Crippen molar-refractivity contribution in [3.63, 3.8) is 0 Å². The molecule has 3 aromatic rings. The van der Waals surface area contributed by atoms with Crippen molar-refractivity contribution in [2.24, 2.45) is 0 Å². The summed E-state index contributed by atoms with van der Waals surface area (Å²) in [5.74, 6) is 0. The first-order valence-electron chi connectivity index (χ1n) is 7.19. The molecular formula is C18H11Cl6NS2. The Balaban J connectivity index is 0.000000244. The van der Waals surface area contributed by atoms with Gasteiger partial charge in [-0.3, -0.25) is 0 Å². The number of rotatable bonds is 2. The van der Waals surface area contributed by atoms with Crippen molar-refractivity contribution in [1.82, 2.24) is 0 Å². The molecule has 0 aliphatic carbocycles. The van der Waals surface area contributed by atoms with Gasteiger partial charge in [-0.2, -0.15) is 0 Å². The van der Waals surface area contributed by atoms with E-state index in [4.69, 9.17) is 75.3 Å². The van der Waals surface area contributed by atoms with Gasteiger partial charge in [0, 0.05) is 30.4 Å². The van der Waals surface area contributed by atoms with Crippen LogP contribution < -0.4 is 5.73 Å². The molecule has 142 valence electrons. The maximum absolute atomic E-state index is 6.10. The lowest BCUT2D eigenvalue weighted by Crippen LogP contribution is -1.89. The lowest BCUT2D eigenvalue weighted by atomic mass is 10.3. The average molecular weight is 518 g/mol. The van der Waals surface area contributed by atoms with Crippen molar-refractivity contribution >= 4 is 99.7 Å². The van der Waals surface area contributed by atoms with Gasteiger partial charge in [-0.25, -0.2) is 0 Å². The monoisotopic (exact) mass is 515 g/mol. The third-order valence-electron chi connectivity index (χ3n) is 3.08. The average Bonchev–Trinajstić information content (AvgIpc) is 2.59. The third-order valence-corrected chi connectivity index (χ3v) is 6.68. The topological polar surface area (TPSA) is 26.0 Å². The van der Waals surface area contributed by atoms with Gasteiger partial charge in [-0.1, -0.05) is 81.4 Å². The molecule has 0 saturated carbocycles. The number of thiol groups is 1. The summed E-state index contributed by atoms with van der Waals surface area (Å²) in [6.45, 7) is 0. The van der Waals surface area contributed by atoms with Crippen LogP contribution in [0.25, 0.3) is 0 Å². The van der Waals surface area contributed by atoms with E-state index in [1.165, 1.54) is 11.8 Å². The van der Waals surface area contributed by atoms with Gasteiger partial charge >= 0.3 is 0 Å². The summed E-state index contributed by atoms with van der Waals surface area (Å²) in [5, 5.41) is 3.27. The molecule has 0 fully saturated rings. The van der Waals surface area contributed by atoms with E-state index in [2.05, 4.69) is 12.6 Å². The second kappa shape index (κ2) is 10.6. The van der Waals surface area contributed by atoms with Crippen LogP contribution in [0.4, 0.5) is 5.69 Å². The minimum Gasteiger partial charge on any atom is -0.398 e. The van der Waals surface area contributed by atoms with Crippen LogP contribution in [0.1, 0.15) is 0 Å². The van der Waals surface area contributed by atoms with Crippen LogP contribution >= 0.6 is 94.0 Å². The number of hydrogen-bond acceptors (Lipinski definition) is 3. The van der Waals surface area contributed by atoms with Gasteiger partial charge < -0.3 is 5.73 Å². The molecule has 0 aromatic heterocycles. The highest BCUT2D eigenvalue weighted by atomic mass is 35.5. The zero-order valence-electron chi connectivity index (χ0n) is 13.3. The van der Waals surface area contributed by atoms with Crippen LogP contribution in [0, 0.1) is 0 Å². The van der Waals surface area contributed by atoms with Crippen LogP contribution in [0.2, 0.25) is 30.1 Å². The summed E-state index contributed by atoms with van der Waals surface area (Å²) in [5.41, 5.74) is 6.44. The van der Waals surface area contributed by atoms with E-state index in [-0.39, 0.29) is 0 Å². The Kier molecular flexibility index (Phi) is 9.11. The van der Waals surface area contributed by atoms with Gasteiger partial charge in [-0.05, 0) is 48.5 Å². The first-order valence-corrected chi connectivity index (χ1v) is 10.7. The minimum absolute atomic E-state index is 0.431. The van der Waals surface area contributed by atoms with E-state index >= 15 is 0 Å². The molecule has 0 bridgehead atoms. The molecule has 9 heteroatoms. The fourth-order valence-corrected chi connectivity index (χ4v) is 4.15. The summed E-state index contributed by atoms with van der Waals surface area (Å²) < 4.78 is 0. The Labute approximate surface area is 197 Å². The number of hydrogen-bond donors (Lipinski definition) is 2. The normalized spacial score (nSPS) is 10.3. The summed E-state index contributed by atoms with van der Waals surface area (Å²) in [4.78, 5) is 2.40. The molecule has 0 radical (unpaired) electrons. The van der Waals surface area contributed by atoms with Crippen LogP contribution in [0.5, 0.6) is 0 Å². The van der Waals surface area contributed by atoms with E-state index in [1.54, 1.807) is 42.5 Å². The van der Waals surface area contributed by atoms with Crippen molar-refractivity contribution in [1.29, 1.82) is 0 Å². The fraction of sp³-hybridized carbons (Fsp3) is 0. The number of nitrogens with two attached hydrogens (primary N) is 1. The zero-order valence-corrected chi connectivity index (χ0v) is 19.6. The Morgan fingerprint density at radius 1 is 0.630 bits per heavy atom. The molecule has 0 unspecified atom stereocenters. The fourth-order valence-electron chi connectivity index (χ4n) is 1.79. The van der Waals surface area contributed by atoms with Crippen LogP contribution in [0.15, 0.2) is 63.2 Å². The minimum atomic E-state index is 0.431. The Morgan fingerprint density at radius 2 is 1.19 bits per heavy atom. The highest BCUT2D eigenvalue weighted by Crippen LogP contribution is 2.40. The zero-order chi connectivity index (χ0) is 20.1. The lowest BCUT2D eigenvalue weighted by Gasteiger charge is -2.08. The molecule has 0 amide bonds. The Morgan fingerprint density at radius 3 is 1.74 bits per heavy atom. The molecule has 0 saturated heterocycles. The second-order valence-electron chi connectivity index (χ2n) is 5.08. The van der Waals surface area contributed by atoms with E-state index in [0.717, 1.165) is 14.7 Å². The van der Waals surface area contributed by atoms with Crippen molar-refractivity contribution in [2.75, 3.05) is 5.73 Å². The van der Waals surface area contributed by atoms with Gasteiger partial charge in [0.2, 0.25) is 0 Å². The van der Waals surface area contributed by atoms with Crippen LogP contribution in [-0.2, 0) is 0 Å².